The van der Waals surface area contributed by atoms with E-state index < -0.39 is 5.54 Å². The van der Waals surface area contributed by atoms with Gasteiger partial charge in [-0.05, 0) is 32.0 Å². The number of rotatable bonds is 5. The number of carbonyl (C=O) groups is 2. The van der Waals surface area contributed by atoms with Gasteiger partial charge in [0.05, 0.1) is 9.77 Å². The molecule has 0 radical (unpaired) electrons. The molecule has 6 heteroatoms. The maximum atomic E-state index is 13.1. The van der Waals surface area contributed by atoms with Gasteiger partial charge in [0.2, 0.25) is 5.91 Å². The molecule has 0 spiro atoms. The fraction of sp³-hybridized carbons (Fsp3) is 0.200. The standard InChI is InChI=1S/C20H20N2O2S2/c1-20(2,19(24)21-3)22-17(23)16-14-11-7-8-12-15(14)26-18(16)25-13-9-5-4-6-10-13/h4-12H,1-3H3,(H,21,24)(H,22,23). The normalized spacial score (nSPS) is 11.3. The van der Waals surface area contributed by atoms with Gasteiger partial charge in [-0.15, -0.1) is 11.3 Å². The molecule has 0 saturated heterocycles. The summed E-state index contributed by atoms with van der Waals surface area (Å²) in [7, 11) is 1.56. The minimum absolute atomic E-state index is 0.234. The number of thiophene rings is 1. The van der Waals surface area contributed by atoms with Crippen LogP contribution in [0.5, 0.6) is 0 Å². The van der Waals surface area contributed by atoms with Gasteiger partial charge < -0.3 is 10.6 Å². The van der Waals surface area contributed by atoms with E-state index in [9.17, 15) is 9.59 Å². The smallest absolute Gasteiger partial charge is 0.254 e. The van der Waals surface area contributed by atoms with Crippen LogP contribution in [0.1, 0.15) is 24.2 Å². The second-order valence-electron chi connectivity index (χ2n) is 6.33. The van der Waals surface area contributed by atoms with Crippen molar-refractivity contribution in [2.75, 3.05) is 7.05 Å². The van der Waals surface area contributed by atoms with Crippen LogP contribution in [0.4, 0.5) is 0 Å². The van der Waals surface area contributed by atoms with Crippen molar-refractivity contribution in [3.8, 4) is 0 Å². The monoisotopic (exact) mass is 384 g/mol. The van der Waals surface area contributed by atoms with Crippen LogP contribution in [0, 0.1) is 0 Å². The van der Waals surface area contributed by atoms with E-state index in [1.807, 2.05) is 54.6 Å². The third-order valence-electron chi connectivity index (χ3n) is 3.96. The Kier molecular flexibility index (Phi) is 5.34. The molecular formula is C20H20N2O2S2. The average Bonchev–Trinajstić information content (AvgIpc) is 2.99. The lowest BCUT2D eigenvalue weighted by atomic mass is 10.0. The van der Waals surface area contributed by atoms with Crippen molar-refractivity contribution in [1.82, 2.24) is 10.6 Å². The van der Waals surface area contributed by atoms with Crippen LogP contribution < -0.4 is 10.6 Å². The number of benzene rings is 2. The van der Waals surface area contributed by atoms with Crippen LogP contribution in [-0.4, -0.2) is 24.4 Å². The Morgan fingerprint density at radius 2 is 1.65 bits per heavy atom. The summed E-state index contributed by atoms with van der Waals surface area (Å²) in [5.74, 6) is -0.475. The lowest BCUT2D eigenvalue weighted by Gasteiger charge is -2.24. The summed E-state index contributed by atoms with van der Waals surface area (Å²) in [6.07, 6.45) is 0. The maximum absolute atomic E-state index is 13.1. The van der Waals surface area contributed by atoms with Gasteiger partial charge in [-0.1, -0.05) is 48.2 Å². The molecule has 0 bridgehead atoms. The molecule has 2 aromatic carbocycles. The van der Waals surface area contributed by atoms with Crippen molar-refractivity contribution in [3.05, 3.63) is 60.2 Å². The molecule has 3 rings (SSSR count). The Morgan fingerprint density at radius 1 is 1.00 bits per heavy atom. The summed E-state index contributed by atoms with van der Waals surface area (Å²) in [6.45, 7) is 3.39. The number of likely N-dealkylation sites (N-methyl/N-ethyl adjacent to an activating group) is 1. The summed E-state index contributed by atoms with van der Waals surface area (Å²) in [5, 5.41) is 6.37. The van der Waals surface area contributed by atoms with Crippen molar-refractivity contribution in [2.45, 2.75) is 28.5 Å². The number of nitrogens with one attached hydrogen (secondary N) is 2. The number of amides is 2. The van der Waals surface area contributed by atoms with E-state index in [0.29, 0.717) is 5.56 Å². The molecule has 26 heavy (non-hydrogen) atoms. The molecule has 0 fully saturated rings. The van der Waals surface area contributed by atoms with Crippen LogP contribution in [0.15, 0.2) is 63.7 Å². The van der Waals surface area contributed by atoms with Crippen molar-refractivity contribution in [2.24, 2.45) is 0 Å². The summed E-state index contributed by atoms with van der Waals surface area (Å²) in [6, 6.07) is 17.8. The van der Waals surface area contributed by atoms with Crippen molar-refractivity contribution in [3.63, 3.8) is 0 Å². The molecule has 0 atom stereocenters. The quantitative estimate of drug-likeness (QED) is 0.689. The van der Waals surface area contributed by atoms with Crippen molar-refractivity contribution < 1.29 is 9.59 Å². The Labute approximate surface area is 161 Å². The fourth-order valence-electron chi connectivity index (χ4n) is 2.62. The summed E-state index contributed by atoms with van der Waals surface area (Å²) < 4.78 is 1.97. The first-order valence-corrected chi connectivity index (χ1v) is 9.85. The summed E-state index contributed by atoms with van der Waals surface area (Å²) >= 11 is 3.15. The van der Waals surface area contributed by atoms with E-state index in [2.05, 4.69) is 10.6 Å². The van der Waals surface area contributed by atoms with E-state index >= 15 is 0 Å². The maximum Gasteiger partial charge on any atom is 0.254 e. The molecule has 0 aliphatic heterocycles. The SMILES string of the molecule is CNC(=O)C(C)(C)NC(=O)c1c(Sc2ccccc2)sc2ccccc12. The second-order valence-corrected chi connectivity index (χ2v) is 8.73. The highest BCUT2D eigenvalue weighted by molar-refractivity contribution is 8.01. The van der Waals surface area contributed by atoms with Gasteiger partial charge in [-0.3, -0.25) is 9.59 Å². The van der Waals surface area contributed by atoms with Crippen molar-refractivity contribution >= 4 is 45.0 Å². The van der Waals surface area contributed by atoms with Crippen molar-refractivity contribution in [1.29, 1.82) is 0 Å². The minimum atomic E-state index is -0.996. The number of hydrogen-bond acceptors (Lipinski definition) is 4. The van der Waals surface area contributed by atoms with Crippen LogP contribution in [-0.2, 0) is 4.79 Å². The van der Waals surface area contributed by atoms with E-state index in [1.54, 1.807) is 44.0 Å². The van der Waals surface area contributed by atoms with Gasteiger partial charge in [0.15, 0.2) is 0 Å². The first kappa shape index (κ1) is 18.5. The first-order valence-electron chi connectivity index (χ1n) is 8.21. The Bertz CT molecular complexity index is 949. The van der Waals surface area contributed by atoms with Crippen LogP contribution in [0.2, 0.25) is 0 Å². The topological polar surface area (TPSA) is 58.2 Å². The minimum Gasteiger partial charge on any atom is -0.357 e. The highest BCUT2D eigenvalue weighted by Crippen LogP contribution is 2.41. The molecule has 134 valence electrons. The molecule has 4 nitrogen and oxygen atoms in total. The van der Waals surface area contributed by atoms with E-state index in [1.165, 1.54) is 0 Å². The van der Waals surface area contributed by atoms with Crippen LogP contribution in [0.25, 0.3) is 10.1 Å². The molecular weight excluding hydrogens is 364 g/mol. The summed E-state index contributed by atoms with van der Waals surface area (Å²) in [4.78, 5) is 26.2. The highest BCUT2D eigenvalue weighted by atomic mass is 32.2. The molecule has 2 amide bonds. The number of carbonyl (C=O) groups excluding carboxylic acids is 2. The van der Waals surface area contributed by atoms with Gasteiger partial charge in [0.1, 0.15) is 5.54 Å². The number of hydrogen-bond donors (Lipinski definition) is 2. The Morgan fingerprint density at radius 3 is 2.35 bits per heavy atom. The predicted octanol–water partition coefficient (Wildman–Crippen LogP) is 4.31. The largest absolute Gasteiger partial charge is 0.357 e. The van der Waals surface area contributed by atoms with E-state index in [-0.39, 0.29) is 11.8 Å². The zero-order valence-electron chi connectivity index (χ0n) is 14.8. The Balaban J connectivity index is 2.01. The molecule has 0 saturated carbocycles. The van der Waals surface area contributed by atoms with Gasteiger partial charge >= 0.3 is 0 Å². The summed E-state index contributed by atoms with van der Waals surface area (Å²) in [5.41, 5.74) is -0.375. The van der Waals surface area contributed by atoms with Gasteiger partial charge in [-0.2, -0.15) is 0 Å². The fourth-order valence-corrected chi connectivity index (χ4v) is 5.09. The third-order valence-corrected chi connectivity index (χ3v) is 6.33. The van der Waals surface area contributed by atoms with E-state index in [0.717, 1.165) is 19.2 Å². The highest BCUT2D eigenvalue weighted by Gasteiger charge is 2.31. The van der Waals surface area contributed by atoms with Gasteiger partial charge in [-0.25, -0.2) is 0 Å². The zero-order chi connectivity index (χ0) is 18.7. The first-order chi connectivity index (χ1) is 12.4. The third kappa shape index (κ3) is 3.76. The second kappa shape index (κ2) is 7.51. The predicted molar refractivity (Wildman–Crippen MR) is 108 cm³/mol. The van der Waals surface area contributed by atoms with Gasteiger partial charge in [0.25, 0.3) is 5.91 Å². The molecule has 1 heterocycles. The molecule has 2 N–H and O–H groups in total. The van der Waals surface area contributed by atoms with E-state index in [4.69, 9.17) is 0 Å². The Hall–Kier alpha value is -2.31. The molecule has 0 aliphatic carbocycles. The van der Waals surface area contributed by atoms with Gasteiger partial charge in [0, 0.05) is 22.0 Å². The lowest BCUT2D eigenvalue weighted by molar-refractivity contribution is -0.125. The molecule has 0 aliphatic rings. The molecule has 1 aromatic heterocycles. The van der Waals surface area contributed by atoms with Crippen LogP contribution in [0.3, 0.4) is 0 Å². The lowest BCUT2D eigenvalue weighted by Crippen LogP contribution is -2.54. The zero-order valence-corrected chi connectivity index (χ0v) is 16.5. The molecule has 0 unspecified atom stereocenters. The number of fused-ring (bicyclic) bond motifs is 1. The average molecular weight is 385 g/mol. The molecule has 3 aromatic rings. The van der Waals surface area contributed by atoms with Crippen LogP contribution >= 0.6 is 23.1 Å².